The SMILES string of the molecule is CCSC1=NN2C(=c3cc(Br)ccc3=N[C@@H]2[C@@H]2C[C@H]3C(=CCCC3(C)C)C[C@H]2C)C(=O)N1. The quantitative estimate of drug-likeness (QED) is 0.595. The molecule has 2 aliphatic heterocycles. The Labute approximate surface area is 202 Å². The lowest BCUT2D eigenvalue weighted by molar-refractivity contribution is -0.116. The van der Waals surface area contributed by atoms with Gasteiger partial charge in [0.2, 0.25) is 0 Å². The maximum Gasteiger partial charge on any atom is 0.276 e. The Kier molecular flexibility index (Phi) is 5.77. The molecule has 4 atom stereocenters. The fraction of sp³-hybridized carbons (Fsp3) is 0.560. The van der Waals surface area contributed by atoms with Gasteiger partial charge in [-0.2, -0.15) is 0 Å². The van der Waals surface area contributed by atoms with Crippen molar-refractivity contribution < 1.29 is 4.79 Å². The molecule has 1 aromatic carbocycles. The van der Waals surface area contributed by atoms with Crippen LogP contribution in [0.1, 0.15) is 53.4 Å². The van der Waals surface area contributed by atoms with Crippen LogP contribution in [0.5, 0.6) is 0 Å². The number of benzene rings is 1. The number of amidine groups is 1. The first-order valence-electron chi connectivity index (χ1n) is 11.7. The minimum absolute atomic E-state index is 0.0859. The van der Waals surface area contributed by atoms with Crippen molar-refractivity contribution in [1.82, 2.24) is 10.3 Å². The lowest BCUT2D eigenvalue weighted by atomic mass is 9.58. The lowest BCUT2D eigenvalue weighted by Gasteiger charge is -2.49. The van der Waals surface area contributed by atoms with Gasteiger partial charge < -0.3 is 0 Å². The van der Waals surface area contributed by atoms with Crippen molar-refractivity contribution in [3.8, 4) is 0 Å². The van der Waals surface area contributed by atoms with Crippen molar-refractivity contribution in [2.45, 2.75) is 59.5 Å². The van der Waals surface area contributed by atoms with Crippen molar-refractivity contribution in [2.24, 2.45) is 33.3 Å². The molecular weight excluding hydrogens is 484 g/mol. The van der Waals surface area contributed by atoms with Crippen LogP contribution in [0.2, 0.25) is 0 Å². The third kappa shape index (κ3) is 3.75. The van der Waals surface area contributed by atoms with E-state index in [1.54, 1.807) is 17.3 Å². The highest BCUT2D eigenvalue weighted by molar-refractivity contribution is 9.10. The molecule has 170 valence electrons. The molecule has 1 aromatic rings. The molecule has 0 unspecified atom stereocenters. The Morgan fingerprint density at radius 1 is 1.34 bits per heavy atom. The van der Waals surface area contributed by atoms with Gasteiger partial charge >= 0.3 is 0 Å². The molecule has 1 fully saturated rings. The second-order valence-corrected chi connectivity index (χ2v) is 12.3. The van der Waals surface area contributed by atoms with Crippen LogP contribution >= 0.6 is 27.7 Å². The monoisotopic (exact) mass is 514 g/mol. The van der Waals surface area contributed by atoms with Gasteiger partial charge in [0.1, 0.15) is 11.9 Å². The molecule has 5 nitrogen and oxygen atoms in total. The maximum absolute atomic E-state index is 13.3. The molecule has 2 heterocycles. The second-order valence-electron chi connectivity index (χ2n) is 10.1. The van der Waals surface area contributed by atoms with E-state index in [-0.39, 0.29) is 12.1 Å². The van der Waals surface area contributed by atoms with Gasteiger partial charge in [0.15, 0.2) is 5.17 Å². The summed E-state index contributed by atoms with van der Waals surface area (Å²) >= 11 is 5.13. The summed E-state index contributed by atoms with van der Waals surface area (Å²) in [5, 5.41) is 12.3. The average Bonchev–Trinajstić information content (AvgIpc) is 2.73. The van der Waals surface area contributed by atoms with Gasteiger partial charge in [-0.15, -0.1) is 5.10 Å². The summed E-state index contributed by atoms with van der Waals surface area (Å²) in [5.74, 6) is 2.17. The molecular formula is C25H31BrN4OS. The van der Waals surface area contributed by atoms with Gasteiger partial charge in [0, 0.05) is 15.6 Å². The van der Waals surface area contributed by atoms with Crippen LogP contribution in [-0.4, -0.2) is 28.0 Å². The lowest BCUT2D eigenvalue weighted by Crippen LogP contribution is -2.56. The summed E-state index contributed by atoms with van der Waals surface area (Å²) in [6, 6.07) is 6.01. The number of carbonyl (C=O) groups excluding carboxylic acids is 1. The van der Waals surface area contributed by atoms with E-state index in [0.717, 1.165) is 33.6 Å². The van der Waals surface area contributed by atoms with E-state index in [1.165, 1.54) is 12.8 Å². The summed E-state index contributed by atoms with van der Waals surface area (Å²) in [7, 11) is 0. The summed E-state index contributed by atoms with van der Waals surface area (Å²) in [5.41, 5.74) is 2.56. The van der Waals surface area contributed by atoms with Gasteiger partial charge in [0.25, 0.3) is 5.91 Å². The number of amides is 1. The minimum atomic E-state index is -0.161. The van der Waals surface area contributed by atoms with Gasteiger partial charge in [0.05, 0.1) is 5.36 Å². The summed E-state index contributed by atoms with van der Waals surface area (Å²) in [4.78, 5) is 18.5. The molecule has 1 saturated carbocycles. The number of allylic oxidation sites excluding steroid dienone is 2. The highest BCUT2D eigenvalue weighted by Gasteiger charge is 2.46. The second kappa shape index (κ2) is 8.32. The van der Waals surface area contributed by atoms with Crippen LogP contribution in [0.15, 0.2) is 44.4 Å². The molecule has 2 aliphatic carbocycles. The molecule has 7 heteroatoms. The zero-order chi connectivity index (χ0) is 22.6. The van der Waals surface area contributed by atoms with Crippen LogP contribution in [0.4, 0.5) is 0 Å². The standard InChI is InChI=1S/C25H31BrN4OS/c1-5-32-24-28-23(31)21-18-12-16(26)8-9-20(18)27-22(30(21)29-24)17-13-19-15(11-14(17)2)7-6-10-25(19,3)4/h7-9,12,14,17,19,22H,5-6,10-11,13H2,1-4H3,(H,28,29,31)/t14-,17-,19+,22+/m1/s1. The molecule has 5 rings (SSSR count). The van der Waals surface area contributed by atoms with Crippen molar-refractivity contribution in [3.63, 3.8) is 0 Å². The number of halogens is 1. The van der Waals surface area contributed by atoms with Gasteiger partial charge in [-0.1, -0.05) is 67.0 Å². The van der Waals surface area contributed by atoms with Gasteiger partial charge in [-0.25, -0.2) is 5.01 Å². The van der Waals surface area contributed by atoms with E-state index in [4.69, 9.17) is 10.1 Å². The number of hydrogen-bond donors (Lipinski definition) is 1. The first-order chi connectivity index (χ1) is 15.3. The van der Waals surface area contributed by atoms with Crippen LogP contribution < -0.4 is 15.9 Å². The summed E-state index contributed by atoms with van der Waals surface area (Å²) in [6.45, 7) is 9.27. The number of fused-ring (bicyclic) bond motifs is 3. The molecule has 32 heavy (non-hydrogen) atoms. The van der Waals surface area contributed by atoms with Crippen LogP contribution in [0.3, 0.4) is 0 Å². The highest BCUT2D eigenvalue weighted by Crippen LogP contribution is 2.52. The Morgan fingerprint density at radius 2 is 2.16 bits per heavy atom. The first kappa shape index (κ1) is 22.2. The highest BCUT2D eigenvalue weighted by atomic mass is 79.9. The molecule has 0 radical (unpaired) electrons. The average molecular weight is 516 g/mol. The Morgan fingerprint density at radius 3 is 2.94 bits per heavy atom. The number of carbonyl (C=O) groups is 1. The molecule has 1 N–H and O–H groups in total. The fourth-order valence-corrected chi connectivity index (χ4v) is 6.89. The summed E-state index contributed by atoms with van der Waals surface area (Å²) < 4.78 is 0.938. The summed E-state index contributed by atoms with van der Waals surface area (Å²) in [6.07, 6.45) is 6.97. The topological polar surface area (TPSA) is 57.1 Å². The van der Waals surface area contributed by atoms with E-state index < -0.39 is 0 Å². The van der Waals surface area contributed by atoms with E-state index in [2.05, 4.69) is 55.0 Å². The third-order valence-electron chi connectivity index (χ3n) is 7.65. The predicted molar refractivity (Wildman–Crippen MR) is 134 cm³/mol. The third-order valence-corrected chi connectivity index (χ3v) is 8.88. The Bertz CT molecular complexity index is 1140. The van der Waals surface area contributed by atoms with Crippen LogP contribution in [0.25, 0.3) is 5.70 Å². The Hall–Kier alpha value is -1.60. The number of nitrogens with one attached hydrogen (secondary N) is 1. The van der Waals surface area contributed by atoms with Crippen LogP contribution in [0, 0.1) is 23.2 Å². The molecule has 0 bridgehead atoms. The number of thioether (sulfide) groups is 1. The van der Waals surface area contributed by atoms with E-state index in [0.29, 0.717) is 34.0 Å². The number of nitrogens with zero attached hydrogens (tertiary/aromatic N) is 3. The van der Waals surface area contributed by atoms with Crippen molar-refractivity contribution >= 4 is 44.5 Å². The van der Waals surface area contributed by atoms with Gasteiger partial charge in [-0.05, 0) is 66.9 Å². The van der Waals surface area contributed by atoms with Crippen molar-refractivity contribution in [2.75, 3.05) is 5.75 Å². The first-order valence-corrected chi connectivity index (χ1v) is 13.4. The van der Waals surface area contributed by atoms with E-state index in [9.17, 15) is 4.79 Å². The molecule has 1 amide bonds. The van der Waals surface area contributed by atoms with E-state index in [1.807, 2.05) is 23.2 Å². The fourth-order valence-electron chi connectivity index (χ4n) is 5.94. The molecule has 0 aromatic heterocycles. The zero-order valence-corrected chi connectivity index (χ0v) is 21.6. The number of hydrogen-bond acceptors (Lipinski definition) is 5. The zero-order valence-electron chi connectivity index (χ0n) is 19.2. The largest absolute Gasteiger partial charge is 0.298 e. The van der Waals surface area contributed by atoms with Crippen molar-refractivity contribution in [3.05, 3.63) is 44.9 Å². The van der Waals surface area contributed by atoms with Crippen LogP contribution in [-0.2, 0) is 4.79 Å². The number of rotatable bonds is 2. The van der Waals surface area contributed by atoms with Crippen molar-refractivity contribution in [1.29, 1.82) is 0 Å². The van der Waals surface area contributed by atoms with E-state index >= 15 is 0 Å². The smallest absolute Gasteiger partial charge is 0.276 e. The molecule has 4 aliphatic rings. The predicted octanol–water partition coefficient (Wildman–Crippen LogP) is 4.38. The maximum atomic E-state index is 13.3. The molecule has 0 spiro atoms. The Balaban J connectivity index is 1.62. The minimum Gasteiger partial charge on any atom is -0.298 e. The van der Waals surface area contributed by atoms with Gasteiger partial charge in [-0.3, -0.25) is 15.1 Å². The molecule has 0 saturated heterocycles. The number of hydrazone groups is 1. The normalized spacial score (nSPS) is 30.8.